The number of rotatable bonds is 5. The third kappa shape index (κ3) is 3.65. The van der Waals surface area contributed by atoms with Crippen LogP contribution < -0.4 is 4.74 Å². The van der Waals surface area contributed by atoms with Crippen molar-refractivity contribution in [2.75, 3.05) is 20.3 Å². The Kier molecular flexibility index (Phi) is 4.93. The van der Waals surface area contributed by atoms with Gasteiger partial charge in [0.2, 0.25) is 0 Å². The van der Waals surface area contributed by atoms with E-state index in [4.69, 9.17) is 32.7 Å². The van der Waals surface area contributed by atoms with E-state index in [1.165, 1.54) is 6.07 Å². The van der Waals surface area contributed by atoms with Crippen molar-refractivity contribution in [3.8, 4) is 5.75 Å². The van der Waals surface area contributed by atoms with Gasteiger partial charge in [0, 0.05) is 26.2 Å². The molecule has 0 aliphatic carbocycles. The summed E-state index contributed by atoms with van der Waals surface area (Å²) < 4.78 is 10.2. The maximum Gasteiger partial charge on any atom is 0.193 e. The number of hydrogen-bond acceptors (Lipinski definition) is 4. The summed E-state index contributed by atoms with van der Waals surface area (Å²) in [5.74, 6) is 0.447. The lowest BCUT2D eigenvalue weighted by atomic mass is 10.5. The van der Waals surface area contributed by atoms with Crippen LogP contribution in [-0.2, 0) is 4.74 Å². The predicted molar refractivity (Wildman–Crippen MR) is 54.0 cm³/mol. The Morgan fingerprint density at radius 1 is 1.29 bits per heavy atom. The summed E-state index contributed by atoms with van der Waals surface area (Å²) in [7, 11) is 1.64. The monoisotopic (exact) mass is 236 g/mol. The molecule has 0 radical (unpaired) electrons. The molecule has 4 nitrogen and oxygen atoms in total. The van der Waals surface area contributed by atoms with Gasteiger partial charge in [0.1, 0.15) is 0 Å². The highest BCUT2D eigenvalue weighted by atomic mass is 35.5. The second-order valence-corrected chi connectivity index (χ2v) is 3.26. The number of halogens is 2. The van der Waals surface area contributed by atoms with Crippen LogP contribution in [0.4, 0.5) is 0 Å². The zero-order valence-corrected chi connectivity index (χ0v) is 9.18. The lowest BCUT2D eigenvalue weighted by Crippen LogP contribution is -2.02. The molecule has 0 saturated carbocycles. The summed E-state index contributed by atoms with van der Waals surface area (Å²) in [5.41, 5.74) is 0. The van der Waals surface area contributed by atoms with E-state index in [1.807, 2.05) is 0 Å². The van der Waals surface area contributed by atoms with Crippen LogP contribution in [0.5, 0.6) is 5.75 Å². The molecule has 1 heterocycles. The third-order valence-electron chi connectivity index (χ3n) is 1.44. The van der Waals surface area contributed by atoms with E-state index in [2.05, 4.69) is 10.2 Å². The Morgan fingerprint density at radius 3 is 2.79 bits per heavy atom. The maximum atomic E-state index is 5.72. The van der Waals surface area contributed by atoms with Crippen molar-refractivity contribution in [2.45, 2.75) is 6.42 Å². The van der Waals surface area contributed by atoms with Crippen molar-refractivity contribution in [2.24, 2.45) is 0 Å². The van der Waals surface area contributed by atoms with Gasteiger partial charge in [-0.2, -0.15) is 0 Å². The van der Waals surface area contributed by atoms with Gasteiger partial charge in [-0.1, -0.05) is 23.2 Å². The molecule has 0 aromatic carbocycles. The molecule has 0 aliphatic heterocycles. The molecule has 1 aromatic rings. The van der Waals surface area contributed by atoms with Gasteiger partial charge in [0.05, 0.1) is 6.61 Å². The summed E-state index contributed by atoms with van der Waals surface area (Å²) in [6.45, 7) is 1.15. The largest absolute Gasteiger partial charge is 0.490 e. The van der Waals surface area contributed by atoms with Crippen LogP contribution in [-0.4, -0.2) is 30.5 Å². The smallest absolute Gasteiger partial charge is 0.193 e. The van der Waals surface area contributed by atoms with E-state index in [1.54, 1.807) is 7.11 Å². The fourth-order valence-corrected chi connectivity index (χ4v) is 1.11. The zero-order valence-electron chi connectivity index (χ0n) is 7.67. The van der Waals surface area contributed by atoms with Crippen LogP contribution in [0, 0.1) is 0 Å². The molecule has 0 bridgehead atoms. The third-order valence-corrected chi connectivity index (χ3v) is 1.88. The maximum absolute atomic E-state index is 5.72. The fourth-order valence-electron chi connectivity index (χ4n) is 0.824. The average molecular weight is 237 g/mol. The predicted octanol–water partition coefficient (Wildman–Crippen LogP) is 2.20. The van der Waals surface area contributed by atoms with Gasteiger partial charge in [-0.05, 0) is 0 Å². The topological polar surface area (TPSA) is 44.2 Å². The van der Waals surface area contributed by atoms with E-state index in [-0.39, 0.29) is 10.3 Å². The van der Waals surface area contributed by atoms with Crippen molar-refractivity contribution in [1.82, 2.24) is 10.2 Å². The average Bonchev–Trinajstić information content (AvgIpc) is 2.18. The SMILES string of the molecule is COCCCOc1cc(Cl)nnc1Cl. The van der Waals surface area contributed by atoms with E-state index in [0.29, 0.717) is 19.0 Å². The number of methoxy groups -OCH3 is 1. The number of hydrogen-bond donors (Lipinski definition) is 0. The van der Waals surface area contributed by atoms with Gasteiger partial charge >= 0.3 is 0 Å². The molecule has 0 saturated heterocycles. The molecule has 0 amide bonds. The minimum atomic E-state index is 0.215. The van der Waals surface area contributed by atoms with Crippen LogP contribution in [0.2, 0.25) is 10.3 Å². The second-order valence-electron chi connectivity index (χ2n) is 2.52. The van der Waals surface area contributed by atoms with Gasteiger partial charge in [-0.15, -0.1) is 10.2 Å². The molecule has 78 valence electrons. The van der Waals surface area contributed by atoms with E-state index in [0.717, 1.165) is 6.42 Å². The molecule has 14 heavy (non-hydrogen) atoms. The van der Waals surface area contributed by atoms with Crippen molar-refractivity contribution in [3.63, 3.8) is 0 Å². The molecule has 0 atom stereocenters. The number of nitrogens with zero attached hydrogens (tertiary/aromatic N) is 2. The molecule has 1 rings (SSSR count). The quantitative estimate of drug-likeness (QED) is 0.736. The molecule has 0 N–H and O–H groups in total. The minimum Gasteiger partial charge on any atom is -0.490 e. The first-order valence-electron chi connectivity index (χ1n) is 4.04. The lowest BCUT2D eigenvalue weighted by molar-refractivity contribution is 0.172. The molecule has 0 unspecified atom stereocenters. The Bertz CT molecular complexity index is 297. The summed E-state index contributed by atoms with van der Waals surface area (Å²) in [6.07, 6.45) is 0.784. The molecule has 0 aliphatic rings. The molecule has 0 fully saturated rings. The second kappa shape index (κ2) is 6.01. The molecular formula is C8H10Cl2N2O2. The molecule has 0 spiro atoms. The van der Waals surface area contributed by atoms with E-state index < -0.39 is 0 Å². The van der Waals surface area contributed by atoms with E-state index >= 15 is 0 Å². The normalized spacial score (nSPS) is 10.2. The molecule has 1 aromatic heterocycles. The van der Waals surface area contributed by atoms with Crippen molar-refractivity contribution < 1.29 is 9.47 Å². The fraction of sp³-hybridized carbons (Fsp3) is 0.500. The van der Waals surface area contributed by atoms with Crippen LogP contribution in [0.3, 0.4) is 0 Å². The van der Waals surface area contributed by atoms with Crippen molar-refractivity contribution >= 4 is 23.2 Å². The summed E-state index contributed by atoms with van der Waals surface area (Å²) >= 11 is 11.3. The Morgan fingerprint density at radius 2 is 2.07 bits per heavy atom. The van der Waals surface area contributed by atoms with Gasteiger partial charge in [-0.25, -0.2) is 0 Å². The standard InChI is InChI=1S/C8H10Cl2N2O2/c1-13-3-2-4-14-6-5-7(9)11-12-8(6)10/h5H,2-4H2,1H3. The highest BCUT2D eigenvalue weighted by Crippen LogP contribution is 2.23. The summed E-state index contributed by atoms with van der Waals surface area (Å²) in [4.78, 5) is 0. The van der Waals surface area contributed by atoms with Crippen LogP contribution in [0.25, 0.3) is 0 Å². The van der Waals surface area contributed by atoms with Gasteiger partial charge < -0.3 is 9.47 Å². The van der Waals surface area contributed by atoms with Crippen molar-refractivity contribution in [3.05, 3.63) is 16.4 Å². The minimum absolute atomic E-state index is 0.215. The Balaban J connectivity index is 2.45. The first-order valence-corrected chi connectivity index (χ1v) is 4.80. The summed E-state index contributed by atoms with van der Waals surface area (Å²) in [6, 6.07) is 1.53. The molecule has 6 heteroatoms. The Hall–Kier alpha value is -0.580. The lowest BCUT2D eigenvalue weighted by Gasteiger charge is -2.06. The zero-order chi connectivity index (χ0) is 10.4. The van der Waals surface area contributed by atoms with Crippen molar-refractivity contribution in [1.29, 1.82) is 0 Å². The van der Waals surface area contributed by atoms with Crippen LogP contribution in [0.15, 0.2) is 6.07 Å². The summed E-state index contributed by atoms with van der Waals surface area (Å²) in [5, 5.41) is 7.64. The van der Waals surface area contributed by atoms with E-state index in [9.17, 15) is 0 Å². The number of ether oxygens (including phenoxy) is 2. The first kappa shape index (κ1) is 11.5. The number of aromatic nitrogens is 2. The van der Waals surface area contributed by atoms with Crippen LogP contribution >= 0.6 is 23.2 Å². The highest BCUT2D eigenvalue weighted by molar-refractivity contribution is 6.32. The van der Waals surface area contributed by atoms with Crippen LogP contribution in [0.1, 0.15) is 6.42 Å². The van der Waals surface area contributed by atoms with Gasteiger partial charge in [-0.3, -0.25) is 0 Å². The highest BCUT2D eigenvalue weighted by Gasteiger charge is 2.04. The molecular weight excluding hydrogens is 227 g/mol. The Labute approximate surface area is 92.1 Å². The van der Waals surface area contributed by atoms with Gasteiger partial charge in [0.15, 0.2) is 16.1 Å². The van der Waals surface area contributed by atoms with Gasteiger partial charge in [0.25, 0.3) is 0 Å². The first-order chi connectivity index (χ1) is 6.74.